The topological polar surface area (TPSA) is 130 Å². The van der Waals surface area contributed by atoms with Crippen LogP contribution in [0.25, 0.3) is 11.4 Å². The zero-order chi connectivity index (χ0) is 15.4. The van der Waals surface area contributed by atoms with Gasteiger partial charge in [0.15, 0.2) is 17.5 Å². The number of pyridine rings is 1. The number of nitrogens with two attached hydrogens (primary N) is 1. The lowest BCUT2D eigenvalue weighted by atomic mass is 10.2. The fourth-order valence-electron chi connectivity index (χ4n) is 1.62. The van der Waals surface area contributed by atoms with Crippen LogP contribution in [0.2, 0.25) is 0 Å². The summed E-state index contributed by atoms with van der Waals surface area (Å²) >= 11 is 0. The van der Waals surface area contributed by atoms with Crippen LogP contribution in [0.5, 0.6) is 0 Å². The summed E-state index contributed by atoms with van der Waals surface area (Å²) in [6.07, 6.45) is 2.28. The van der Waals surface area contributed by atoms with Gasteiger partial charge >= 0.3 is 6.03 Å². The van der Waals surface area contributed by atoms with Crippen molar-refractivity contribution in [2.45, 2.75) is 0 Å². The molecule has 0 aromatic carbocycles. The molecular formula is C12H13FN6O2. The molecule has 0 spiro atoms. The number of aliphatic hydroxyl groups excluding tert-OH is 1. The molecule has 0 saturated heterocycles. The first-order valence-corrected chi connectivity index (χ1v) is 5.97. The van der Waals surface area contributed by atoms with Gasteiger partial charge in [0.25, 0.3) is 0 Å². The summed E-state index contributed by atoms with van der Waals surface area (Å²) in [5, 5.41) is 18.9. The van der Waals surface area contributed by atoms with Gasteiger partial charge in [-0.1, -0.05) is 0 Å². The zero-order valence-electron chi connectivity index (χ0n) is 10.9. The number of aromatic nitrogens is 3. The second-order valence-corrected chi connectivity index (χ2v) is 4.05. The molecule has 110 valence electrons. The highest BCUT2D eigenvalue weighted by Gasteiger charge is 2.10. The Morgan fingerprint density at radius 1 is 1.52 bits per heavy atom. The lowest BCUT2D eigenvalue weighted by Crippen LogP contribution is -2.30. The highest BCUT2D eigenvalue weighted by Crippen LogP contribution is 2.17. The number of primary amides is 1. The molecule has 0 aliphatic heterocycles. The third kappa shape index (κ3) is 3.20. The van der Waals surface area contributed by atoms with Crippen molar-refractivity contribution >= 4 is 11.8 Å². The molecular weight excluding hydrogens is 279 g/mol. The van der Waals surface area contributed by atoms with Gasteiger partial charge < -0.3 is 16.2 Å². The summed E-state index contributed by atoms with van der Waals surface area (Å²) in [5.74, 6) is -0.562. The average Bonchev–Trinajstić information content (AvgIpc) is 2.47. The first-order chi connectivity index (χ1) is 10.0. The molecule has 0 radical (unpaired) electrons. The highest BCUT2D eigenvalue weighted by atomic mass is 19.1. The Morgan fingerprint density at radius 3 is 2.95 bits per heavy atom. The Hall–Kier alpha value is -2.81. The molecule has 1 amide bonds. The lowest BCUT2D eigenvalue weighted by molar-refractivity contribution is 0.249. The molecule has 0 aliphatic carbocycles. The molecule has 2 aromatic rings. The third-order valence-electron chi connectivity index (χ3n) is 2.59. The van der Waals surface area contributed by atoms with E-state index in [1.807, 2.05) is 0 Å². The van der Waals surface area contributed by atoms with E-state index >= 15 is 0 Å². The maximum Gasteiger partial charge on any atom is 0.324 e. The molecule has 8 nitrogen and oxygen atoms in total. The van der Waals surface area contributed by atoms with Crippen LogP contribution in [0.3, 0.4) is 0 Å². The van der Waals surface area contributed by atoms with Gasteiger partial charge in [-0.2, -0.15) is 0 Å². The largest absolute Gasteiger partial charge is 0.395 e. The summed E-state index contributed by atoms with van der Waals surface area (Å²) in [7, 11) is 0. The number of rotatable bonds is 4. The summed E-state index contributed by atoms with van der Waals surface area (Å²) < 4.78 is 14.4. The Kier molecular flexibility index (Phi) is 4.24. The van der Waals surface area contributed by atoms with Crippen molar-refractivity contribution in [1.82, 2.24) is 14.5 Å². The van der Waals surface area contributed by atoms with E-state index in [0.717, 1.165) is 10.8 Å². The number of nitrogens with one attached hydrogen (secondary N) is 2. The van der Waals surface area contributed by atoms with Crippen LogP contribution in [0.4, 0.5) is 15.0 Å². The van der Waals surface area contributed by atoms with E-state index in [4.69, 9.17) is 16.2 Å². The van der Waals surface area contributed by atoms with Crippen LogP contribution >= 0.6 is 0 Å². The number of halogens is 1. The maximum absolute atomic E-state index is 13.5. The molecule has 2 rings (SSSR count). The molecule has 0 unspecified atom stereocenters. The molecule has 2 aromatic heterocycles. The minimum Gasteiger partial charge on any atom is -0.395 e. The monoisotopic (exact) mass is 292 g/mol. The predicted octanol–water partition coefficient (Wildman–Crippen LogP) is -0.105. The molecule has 5 N–H and O–H groups in total. The van der Waals surface area contributed by atoms with Crippen LogP contribution in [0.1, 0.15) is 0 Å². The fourth-order valence-corrected chi connectivity index (χ4v) is 1.62. The number of aliphatic hydroxyl groups is 1. The molecule has 0 bridgehead atoms. The Bertz CT molecular complexity index is 730. The molecule has 2 heterocycles. The fraction of sp³-hybridized carbons (Fsp3) is 0.167. The zero-order valence-corrected chi connectivity index (χ0v) is 10.9. The van der Waals surface area contributed by atoms with E-state index in [1.54, 1.807) is 0 Å². The van der Waals surface area contributed by atoms with Gasteiger partial charge in [0, 0.05) is 18.3 Å². The van der Waals surface area contributed by atoms with Gasteiger partial charge in [-0.05, 0) is 12.1 Å². The Labute approximate surface area is 118 Å². The normalized spacial score (nSPS) is 10.4. The van der Waals surface area contributed by atoms with Crippen LogP contribution in [-0.2, 0) is 0 Å². The van der Waals surface area contributed by atoms with E-state index in [1.165, 1.54) is 18.3 Å². The SMILES string of the molecule is N=c1ccc(-c2ncc(F)c(NCCO)n2)cn1C(N)=O. The number of hydrogen-bond acceptors (Lipinski definition) is 6. The lowest BCUT2D eigenvalue weighted by Gasteiger charge is -2.08. The van der Waals surface area contributed by atoms with Gasteiger partial charge in [-0.15, -0.1) is 0 Å². The second kappa shape index (κ2) is 6.09. The van der Waals surface area contributed by atoms with Gasteiger partial charge in [-0.25, -0.2) is 19.2 Å². The van der Waals surface area contributed by atoms with Gasteiger partial charge in [0.05, 0.1) is 12.8 Å². The van der Waals surface area contributed by atoms with Crippen molar-refractivity contribution in [2.24, 2.45) is 5.73 Å². The van der Waals surface area contributed by atoms with Crippen LogP contribution in [-0.4, -0.2) is 38.8 Å². The van der Waals surface area contributed by atoms with E-state index in [-0.39, 0.29) is 30.3 Å². The van der Waals surface area contributed by atoms with Gasteiger partial charge in [-0.3, -0.25) is 9.98 Å². The minimum absolute atomic E-state index is 0.0605. The quantitative estimate of drug-likeness (QED) is 0.625. The summed E-state index contributed by atoms with van der Waals surface area (Å²) in [5.41, 5.74) is 5.45. The van der Waals surface area contributed by atoms with Crippen molar-refractivity contribution in [1.29, 1.82) is 5.41 Å². The molecule has 0 saturated carbocycles. The van der Waals surface area contributed by atoms with E-state index in [9.17, 15) is 9.18 Å². The molecule has 0 fully saturated rings. The predicted molar refractivity (Wildman–Crippen MR) is 71.8 cm³/mol. The minimum atomic E-state index is -0.817. The molecule has 0 aliphatic rings. The number of nitrogens with zero attached hydrogens (tertiary/aromatic N) is 3. The second-order valence-electron chi connectivity index (χ2n) is 4.05. The number of hydrogen-bond donors (Lipinski definition) is 4. The number of anilines is 1. The molecule has 9 heteroatoms. The van der Waals surface area contributed by atoms with E-state index in [2.05, 4.69) is 15.3 Å². The summed E-state index contributed by atoms with van der Waals surface area (Å²) in [6, 6.07) is 2.06. The van der Waals surface area contributed by atoms with Crippen molar-refractivity contribution < 1.29 is 14.3 Å². The Morgan fingerprint density at radius 2 is 2.29 bits per heavy atom. The Balaban J connectivity index is 2.44. The maximum atomic E-state index is 13.5. The molecule has 21 heavy (non-hydrogen) atoms. The smallest absolute Gasteiger partial charge is 0.324 e. The van der Waals surface area contributed by atoms with Crippen LogP contribution in [0, 0.1) is 11.2 Å². The van der Waals surface area contributed by atoms with Crippen LogP contribution < -0.4 is 16.5 Å². The number of carbonyl (C=O) groups excluding carboxylic acids is 1. The van der Waals surface area contributed by atoms with Crippen molar-refractivity contribution in [3.05, 3.63) is 35.8 Å². The summed E-state index contributed by atoms with van der Waals surface area (Å²) in [4.78, 5) is 19.0. The van der Waals surface area contributed by atoms with E-state index in [0.29, 0.717) is 5.56 Å². The summed E-state index contributed by atoms with van der Waals surface area (Å²) in [6.45, 7) is -0.0334. The van der Waals surface area contributed by atoms with Gasteiger partial charge in [0.1, 0.15) is 5.49 Å². The van der Waals surface area contributed by atoms with Crippen molar-refractivity contribution in [3.8, 4) is 11.4 Å². The first-order valence-electron chi connectivity index (χ1n) is 5.97. The van der Waals surface area contributed by atoms with E-state index < -0.39 is 11.8 Å². The third-order valence-corrected chi connectivity index (χ3v) is 2.59. The number of amides is 1. The average molecular weight is 292 g/mol. The van der Waals surface area contributed by atoms with Crippen molar-refractivity contribution in [3.63, 3.8) is 0 Å². The van der Waals surface area contributed by atoms with Crippen LogP contribution in [0.15, 0.2) is 24.5 Å². The van der Waals surface area contributed by atoms with Crippen molar-refractivity contribution in [2.75, 3.05) is 18.5 Å². The van der Waals surface area contributed by atoms with Gasteiger partial charge in [0.2, 0.25) is 0 Å². The highest BCUT2D eigenvalue weighted by molar-refractivity contribution is 5.75. The number of carbonyl (C=O) groups is 1. The standard InChI is InChI=1S/C12H13FN6O2/c13-8-5-17-10(18-11(8)16-3-4-20)7-1-2-9(14)19(6-7)12(15)21/h1-2,5-6,14,20H,3-4H2,(H2,15,21)(H,16,17,18). The molecule has 0 atom stereocenters. The first kappa shape index (κ1) is 14.6.